The van der Waals surface area contributed by atoms with Crippen LogP contribution in [0.3, 0.4) is 0 Å². The minimum absolute atomic E-state index is 0. The van der Waals surface area contributed by atoms with E-state index in [1.807, 2.05) is 66.7 Å². The van der Waals surface area contributed by atoms with E-state index in [-0.39, 0.29) is 120 Å². The van der Waals surface area contributed by atoms with Gasteiger partial charge in [-0.25, -0.2) is 37.3 Å². The molecule has 6 aliphatic heterocycles. The first-order chi connectivity index (χ1) is 64.0. The van der Waals surface area contributed by atoms with Crippen molar-refractivity contribution in [2.24, 2.45) is 0 Å². The van der Waals surface area contributed by atoms with Gasteiger partial charge in [0.25, 0.3) is 5.91 Å². The maximum Gasteiger partial charge on any atom is 0.318 e. The number of hydrogen-bond acceptors (Lipinski definition) is 23. The molecule has 36 heteroatoms. The number of aromatic nitrogens is 6. The van der Waals surface area contributed by atoms with Gasteiger partial charge in [-0.3, -0.25) is 14.4 Å². The van der Waals surface area contributed by atoms with Crippen molar-refractivity contribution in [2.45, 2.75) is 133 Å². The summed E-state index contributed by atoms with van der Waals surface area (Å²) in [6.45, 7) is 34.7. The third kappa shape index (κ3) is 24.7. The molecule has 9 heterocycles. The minimum atomic E-state index is -1.02. The fraction of sp³-hybridized carbons (Fsp3) is 0.449. The third-order valence-corrected chi connectivity index (χ3v) is 24.8. The van der Waals surface area contributed by atoms with E-state index in [1.54, 1.807) is 40.1 Å². The van der Waals surface area contributed by atoms with Gasteiger partial charge in [0.2, 0.25) is 31.4 Å². The molecule has 18 rings (SSSR count). The van der Waals surface area contributed by atoms with Crippen LogP contribution in [0.25, 0.3) is 46.9 Å². The van der Waals surface area contributed by atoms with Gasteiger partial charge in [0.1, 0.15) is 66.2 Å². The van der Waals surface area contributed by atoms with Gasteiger partial charge in [0, 0.05) is 172 Å². The second kappa shape index (κ2) is 47.2. The van der Waals surface area contributed by atoms with Crippen LogP contribution in [0.1, 0.15) is 91.6 Å². The van der Waals surface area contributed by atoms with Gasteiger partial charge in [-0.1, -0.05) is 79.4 Å². The summed E-state index contributed by atoms with van der Waals surface area (Å²) in [6.07, 6.45) is 16.9. The highest BCUT2D eigenvalue weighted by Crippen LogP contribution is 2.42. The number of amides is 3. The topological polar surface area (TPSA) is 267 Å². The van der Waals surface area contributed by atoms with Crippen molar-refractivity contribution in [1.29, 1.82) is 0 Å². The number of rotatable bonds is 32. The average Bonchev–Trinajstić information content (AvgIpc) is 0.999. The fourth-order valence-corrected chi connectivity index (χ4v) is 17.9. The number of alkyl halides is 2. The van der Waals surface area contributed by atoms with E-state index in [1.165, 1.54) is 35.3 Å². The molecule has 29 nitrogen and oxygen atoms in total. The highest BCUT2D eigenvalue weighted by Gasteiger charge is 2.41. The molecule has 708 valence electrons. The predicted molar refractivity (Wildman–Crippen MR) is 522 cm³/mol. The number of anilines is 6. The number of ether oxygens (including phenoxy) is 6. The zero-order valence-corrected chi connectivity index (χ0v) is 77.9. The molecule has 0 spiro atoms. The first kappa shape index (κ1) is 99.4. The van der Waals surface area contributed by atoms with E-state index in [0.29, 0.717) is 193 Å². The predicted octanol–water partition coefficient (Wildman–Crippen LogP) is 13.7. The Morgan fingerprint density at radius 3 is 1.17 bits per heavy atom. The van der Waals surface area contributed by atoms with Crippen LogP contribution >= 0.6 is 40.5 Å². The van der Waals surface area contributed by atoms with Gasteiger partial charge in [0.05, 0.1) is 94.7 Å². The first-order valence-electron chi connectivity index (χ1n) is 45.2. The summed E-state index contributed by atoms with van der Waals surface area (Å²) in [4.78, 5) is 95.3. The molecule has 6 aromatic carbocycles. The van der Waals surface area contributed by atoms with Crippen LogP contribution in [0, 0.1) is 25.5 Å². The number of phenolic OH excluding ortho intramolecular Hbond substituents is 2. The number of halogens is 4. The molecule has 0 unspecified atom stereocenters. The number of carbonyl (C=O) groups is 3. The summed E-state index contributed by atoms with van der Waals surface area (Å²) < 4.78 is 89.6. The quantitative estimate of drug-likeness (QED) is 0.0172. The van der Waals surface area contributed by atoms with Gasteiger partial charge in [-0.05, 0) is 110 Å². The number of benzene rings is 6. The summed E-state index contributed by atoms with van der Waals surface area (Å²) in [5.41, 5.74) is 8.17. The molecule has 3 aromatic heterocycles. The van der Waals surface area contributed by atoms with Crippen LogP contribution < -0.4 is 43.6 Å². The second-order valence-electron chi connectivity index (χ2n) is 34.0. The van der Waals surface area contributed by atoms with Gasteiger partial charge >= 0.3 is 18.0 Å². The Morgan fingerprint density at radius 2 is 0.799 bits per heavy atom. The normalized spacial score (nSPS) is 18.0. The van der Waals surface area contributed by atoms with Crippen LogP contribution in [0.15, 0.2) is 146 Å². The van der Waals surface area contributed by atoms with Crippen LogP contribution in [-0.4, -0.2) is 260 Å². The molecule has 9 aromatic rings. The number of carbonyl (C=O) groups excluding carboxylic acids is 3. The first-order valence-corrected chi connectivity index (χ1v) is 45.2. The molecule has 3 saturated heterocycles. The van der Waals surface area contributed by atoms with Crippen molar-refractivity contribution in [2.75, 3.05) is 181 Å². The highest BCUT2D eigenvalue weighted by atomic mass is 32.1. The molecule has 3 amide bonds. The Hall–Kier alpha value is -12.1. The Morgan fingerprint density at radius 1 is 0.440 bits per heavy atom. The lowest BCUT2D eigenvalue weighted by atomic mass is 10.0. The molecule has 2 N–H and O–H groups in total. The number of phenols is 2. The van der Waals surface area contributed by atoms with E-state index in [0.717, 1.165) is 140 Å². The molecule has 0 radical (unpaired) electrons. The number of piperazine rings is 3. The molecule has 3 atom stereocenters. The molecule has 9 aliphatic rings. The molecule has 0 bridgehead atoms. The minimum Gasteiger partial charge on any atom is -0.508 e. The number of fused-ring (bicyclic) bond motifs is 6. The van der Waals surface area contributed by atoms with Crippen LogP contribution in [-0.2, 0) is 67.5 Å². The largest absolute Gasteiger partial charge is 0.508 e. The van der Waals surface area contributed by atoms with E-state index in [4.69, 9.17) is 78.0 Å². The summed E-state index contributed by atoms with van der Waals surface area (Å²) in [5, 5.41) is 26.4. The van der Waals surface area contributed by atoms with Crippen molar-refractivity contribution >= 4 is 125 Å². The maximum absolute atomic E-state index is 15.0. The summed E-state index contributed by atoms with van der Waals surface area (Å²) in [5.74, 6) is 0.00126. The number of nitrogens with zero attached hydrogens (tertiary/aromatic N) is 18. The zero-order valence-electron chi connectivity index (χ0n) is 74.9. The molecular formula is C98H114F4N18O11S3. The molecule has 134 heavy (non-hydrogen) atoms. The van der Waals surface area contributed by atoms with Crippen molar-refractivity contribution < 1.29 is 70.6 Å². The van der Waals surface area contributed by atoms with Crippen molar-refractivity contribution in [3.63, 3.8) is 0 Å². The van der Waals surface area contributed by atoms with E-state index < -0.39 is 31.1 Å². The fourth-order valence-electron chi connectivity index (χ4n) is 17.9. The lowest BCUT2D eigenvalue weighted by Gasteiger charge is -2.41. The Labute approximate surface area is 798 Å². The molecule has 3 saturated carbocycles. The van der Waals surface area contributed by atoms with Crippen molar-refractivity contribution in [1.82, 2.24) is 44.6 Å². The lowest BCUT2D eigenvalue weighted by Crippen LogP contribution is -2.57. The van der Waals surface area contributed by atoms with E-state index in [2.05, 4.69) is 56.6 Å². The average molecular weight is 1890 g/mol. The smallest absolute Gasteiger partial charge is 0.318 e. The Kier molecular flexibility index (Phi) is 35.0. The van der Waals surface area contributed by atoms with E-state index in [9.17, 15) is 37.8 Å². The van der Waals surface area contributed by atoms with E-state index >= 15 is 4.39 Å². The SMILES string of the molecule is S.S.S.[C-]#[N+]C[C@H]1CN(c2nc(OCCCOC3CC3)nc3c2CCN(c2cc(O)cc4ccccc24)C3)CCN1C(=O)/C=C/CF.[C-]#[N+]C[C@H]1CN(c2nc(OCCCOC3CC3)nc3c2CCN(c2cc(O)cc4ccccc24)C3)CCN1C(=O)C(=C)F.[C-]#[N+]C[C@H]1CN(c2nc(OCCCOC3CC3)nc3c2CCN(c2cccc4cccc(F)c24)C3)CCN1C(=O)/C=C/CF. The van der Waals surface area contributed by atoms with Crippen molar-refractivity contribution in [3.05, 3.63) is 220 Å². The number of allylic oxidation sites excluding steroid dienone is 2. The molecular weight excluding hydrogens is 1780 g/mol. The summed E-state index contributed by atoms with van der Waals surface area (Å²) in [6, 6.07) is 33.6. The second-order valence-corrected chi connectivity index (χ2v) is 34.0. The lowest BCUT2D eigenvalue weighted by molar-refractivity contribution is -0.131. The van der Waals surface area contributed by atoms with Gasteiger partial charge < -0.3 is 97.3 Å². The third-order valence-electron chi connectivity index (χ3n) is 24.8. The van der Waals surface area contributed by atoms with Crippen LogP contribution in [0.5, 0.6) is 29.5 Å². The Balaban J connectivity index is 0.000000169. The Bertz CT molecular complexity index is 5690. The standard InChI is InChI=1S/C33H36F2N6O3.C33H37FN6O4.C32H35FN6O4.3H2S/c1-36-20-24-21-40(16-17-41(24)30(42)10-4-14-34)32-26-13-15-39(29-9-3-7-23-6-2-8-27(35)31(23)29)22-28(26)37-33(38-32)44-19-5-18-43-25-11-12-25;1-35-20-24-21-39(14-15-40(24)31(42)8-4-12-34)32-28-11-13-38(30-19-25(41)18-23-6-2-3-7-27(23)30)22-29(28)36-33(37-32)44-17-5-16-43-26-9-10-26;1-21(33)31(41)39-13-12-38(19-23(39)18-34-2)30-27-10-11-37(29-17-24(40)16-22-6-3-4-7-26(22)29)20-28(27)35-32(36-30)43-15-5-14-42-25-8-9-25;;;/h2-4,6-10,24-25H,5,11-22H2;2-4,6-8,18-19,24,26,41H,5,9-17,20-22H2;3-4,6-7,16-17,23,25,40H,1,5,8-15,18-20H2;3*1H2/b10-4+;8-4+;;;;/t2*24-;23-;;;/m000.../s1. The zero-order chi connectivity index (χ0) is 90.9. The molecule has 6 fully saturated rings. The van der Waals surface area contributed by atoms with Gasteiger partial charge in [-0.15, -0.1) is 0 Å². The monoisotopic (exact) mass is 1890 g/mol. The summed E-state index contributed by atoms with van der Waals surface area (Å²) in [7, 11) is 0. The van der Waals surface area contributed by atoms with Gasteiger partial charge in [0.15, 0.2) is 5.83 Å². The number of aromatic hydroxyl groups is 2. The van der Waals surface area contributed by atoms with Crippen molar-refractivity contribution in [3.8, 4) is 29.5 Å². The molecule has 3 aliphatic carbocycles. The van der Waals surface area contributed by atoms with Crippen LogP contribution in [0.4, 0.5) is 52.1 Å². The van der Waals surface area contributed by atoms with Crippen LogP contribution in [0.2, 0.25) is 0 Å². The summed E-state index contributed by atoms with van der Waals surface area (Å²) >= 11 is 0. The highest BCUT2D eigenvalue weighted by molar-refractivity contribution is 7.59. The maximum atomic E-state index is 15.0. The number of hydrogen-bond donors (Lipinski definition) is 2. The van der Waals surface area contributed by atoms with Gasteiger partial charge in [-0.2, -0.15) is 70.4 Å².